The van der Waals surface area contributed by atoms with Crippen LogP contribution in [0.4, 0.5) is 0 Å². The lowest BCUT2D eigenvalue weighted by molar-refractivity contribution is -0.133. The second-order valence-electron chi connectivity index (χ2n) is 8.81. The summed E-state index contributed by atoms with van der Waals surface area (Å²) in [7, 11) is 0. The van der Waals surface area contributed by atoms with Crippen molar-refractivity contribution in [1.29, 1.82) is 0 Å². The van der Waals surface area contributed by atoms with E-state index in [4.69, 9.17) is 0 Å². The van der Waals surface area contributed by atoms with Crippen molar-refractivity contribution < 1.29 is 4.79 Å². The fourth-order valence-corrected chi connectivity index (χ4v) is 3.95. The van der Waals surface area contributed by atoms with Crippen LogP contribution < -0.4 is 10.6 Å². The standard InChI is InChI=1S/C23H36N4O.HI/c1-6-24-23(25-19-11-12-27(14-19)22(28)16(4)5)26-21-13-20(21)18-9-7-17(8-10-18)15(2)3;/h7-10,15-16,19-21H,6,11-14H2,1-5H3,(H2,24,25,26);1H. The van der Waals surface area contributed by atoms with Crippen molar-refractivity contribution in [2.24, 2.45) is 10.9 Å². The topological polar surface area (TPSA) is 56.7 Å². The number of benzene rings is 1. The van der Waals surface area contributed by atoms with Crippen LogP contribution >= 0.6 is 24.0 Å². The van der Waals surface area contributed by atoms with Gasteiger partial charge in [-0.15, -0.1) is 24.0 Å². The van der Waals surface area contributed by atoms with Crippen molar-refractivity contribution in [2.75, 3.05) is 19.6 Å². The molecule has 6 heteroatoms. The number of hydrogen-bond acceptors (Lipinski definition) is 2. The first kappa shape index (κ1) is 24.0. The van der Waals surface area contributed by atoms with E-state index in [1.165, 1.54) is 11.1 Å². The van der Waals surface area contributed by atoms with E-state index < -0.39 is 0 Å². The van der Waals surface area contributed by atoms with Crippen LogP contribution in [0.25, 0.3) is 0 Å². The molecule has 0 bridgehead atoms. The minimum atomic E-state index is 0. The number of halogens is 1. The second kappa shape index (κ2) is 10.6. The van der Waals surface area contributed by atoms with Gasteiger partial charge in [0.2, 0.25) is 5.91 Å². The largest absolute Gasteiger partial charge is 0.353 e. The molecule has 29 heavy (non-hydrogen) atoms. The monoisotopic (exact) mass is 512 g/mol. The molecule has 2 fully saturated rings. The van der Waals surface area contributed by atoms with Crippen LogP contribution in [0.2, 0.25) is 0 Å². The molecule has 5 nitrogen and oxygen atoms in total. The fourth-order valence-electron chi connectivity index (χ4n) is 3.95. The molecule has 1 saturated carbocycles. The number of nitrogens with one attached hydrogen (secondary N) is 2. The first-order valence-electron chi connectivity index (χ1n) is 10.8. The Balaban J connectivity index is 0.00000300. The summed E-state index contributed by atoms with van der Waals surface area (Å²) in [5, 5.41) is 7.16. The van der Waals surface area contributed by atoms with Gasteiger partial charge in [0.15, 0.2) is 5.96 Å². The number of carbonyl (C=O) groups is 1. The Kier molecular flexibility index (Phi) is 8.79. The summed E-state index contributed by atoms with van der Waals surface area (Å²) < 4.78 is 0. The van der Waals surface area contributed by atoms with Gasteiger partial charge in [0.05, 0.1) is 0 Å². The summed E-state index contributed by atoms with van der Waals surface area (Å²) in [6, 6.07) is 9.79. The van der Waals surface area contributed by atoms with E-state index in [2.05, 4.69) is 60.7 Å². The maximum Gasteiger partial charge on any atom is 0.225 e. The molecule has 162 valence electrons. The zero-order chi connectivity index (χ0) is 20.3. The molecule has 1 aromatic rings. The summed E-state index contributed by atoms with van der Waals surface area (Å²) in [6.07, 6.45) is 2.13. The van der Waals surface area contributed by atoms with Crippen LogP contribution in [0, 0.1) is 5.92 Å². The third kappa shape index (κ3) is 6.33. The average Bonchev–Trinajstić information content (AvgIpc) is 3.27. The van der Waals surface area contributed by atoms with Gasteiger partial charge in [-0.3, -0.25) is 9.79 Å². The Bertz CT molecular complexity index is 701. The first-order valence-corrected chi connectivity index (χ1v) is 10.8. The maximum absolute atomic E-state index is 12.2. The smallest absolute Gasteiger partial charge is 0.225 e. The Morgan fingerprint density at radius 2 is 1.86 bits per heavy atom. The van der Waals surface area contributed by atoms with Gasteiger partial charge in [0.1, 0.15) is 0 Å². The highest BCUT2D eigenvalue weighted by Gasteiger charge is 2.39. The Morgan fingerprint density at radius 1 is 1.17 bits per heavy atom. The number of likely N-dealkylation sites (tertiary alicyclic amines) is 1. The molecule has 2 N–H and O–H groups in total. The number of carbonyl (C=O) groups excluding carboxylic acids is 1. The molecule has 1 aliphatic carbocycles. The van der Waals surface area contributed by atoms with Gasteiger partial charge < -0.3 is 15.5 Å². The molecule has 3 unspecified atom stereocenters. The summed E-state index contributed by atoms with van der Waals surface area (Å²) in [4.78, 5) is 18.8. The summed E-state index contributed by atoms with van der Waals surface area (Å²) >= 11 is 0. The Labute approximate surface area is 193 Å². The van der Waals surface area contributed by atoms with Gasteiger partial charge >= 0.3 is 0 Å². The molecule has 1 amide bonds. The number of nitrogens with zero attached hydrogens (tertiary/aromatic N) is 2. The zero-order valence-corrected chi connectivity index (χ0v) is 20.8. The van der Waals surface area contributed by atoms with Crippen LogP contribution in [-0.2, 0) is 4.79 Å². The first-order chi connectivity index (χ1) is 13.4. The normalized spacial score (nSPS) is 23.9. The summed E-state index contributed by atoms with van der Waals surface area (Å²) in [5.41, 5.74) is 2.80. The van der Waals surface area contributed by atoms with Crippen LogP contribution in [0.1, 0.15) is 70.4 Å². The van der Waals surface area contributed by atoms with Crippen LogP contribution in [0.3, 0.4) is 0 Å². The van der Waals surface area contributed by atoms with Gasteiger partial charge in [-0.2, -0.15) is 0 Å². The number of amides is 1. The Hall–Kier alpha value is -1.31. The molecule has 0 radical (unpaired) electrons. The molecular formula is C23H37IN4O. The van der Waals surface area contributed by atoms with Gasteiger partial charge in [-0.1, -0.05) is 52.0 Å². The van der Waals surface area contributed by atoms with Crippen molar-refractivity contribution in [3.63, 3.8) is 0 Å². The molecule has 2 aliphatic rings. The minimum absolute atomic E-state index is 0. The van der Waals surface area contributed by atoms with Gasteiger partial charge in [0, 0.05) is 43.6 Å². The van der Waals surface area contributed by atoms with Crippen molar-refractivity contribution >= 4 is 35.8 Å². The van der Waals surface area contributed by atoms with Crippen molar-refractivity contribution in [2.45, 2.75) is 71.4 Å². The lowest BCUT2D eigenvalue weighted by Gasteiger charge is -2.20. The number of hydrogen-bond donors (Lipinski definition) is 2. The highest BCUT2D eigenvalue weighted by molar-refractivity contribution is 14.0. The third-order valence-corrected chi connectivity index (χ3v) is 5.79. The van der Waals surface area contributed by atoms with Gasteiger partial charge in [-0.05, 0) is 36.8 Å². The quantitative estimate of drug-likeness (QED) is 0.343. The highest BCUT2D eigenvalue weighted by Crippen LogP contribution is 2.41. The van der Waals surface area contributed by atoms with E-state index in [0.29, 0.717) is 17.9 Å². The minimum Gasteiger partial charge on any atom is -0.353 e. The fraction of sp³-hybridized carbons (Fsp3) is 0.652. The number of rotatable bonds is 6. The molecule has 0 spiro atoms. The molecule has 1 aliphatic heterocycles. The summed E-state index contributed by atoms with van der Waals surface area (Å²) in [5.74, 6) is 2.34. The second-order valence-corrected chi connectivity index (χ2v) is 8.81. The molecular weight excluding hydrogens is 475 g/mol. The SMILES string of the molecule is CCN=C(NC1CCN(C(=O)C(C)C)C1)NC1CC1c1ccc(C(C)C)cc1.I. The molecule has 0 aromatic heterocycles. The van der Waals surface area contributed by atoms with E-state index in [0.717, 1.165) is 38.4 Å². The average molecular weight is 512 g/mol. The highest BCUT2D eigenvalue weighted by atomic mass is 127. The number of guanidine groups is 1. The zero-order valence-electron chi connectivity index (χ0n) is 18.4. The van der Waals surface area contributed by atoms with Gasteiger partial charge in [-0.25, -0.2) is 0 Å². The summed E-state index contributed by atoms with van der Waals surface area (Å²) in [6.45, 7) is 12.8. The van der Waals surface area contributed by atoms with E-state index in [-0.39, 0.29) is 41.8 Å². The molecule has 3 atom stereocenters. The lowest BCUT2D eigenvalue weighted by Crippen LogP contribution is -2.46. The Morgan fingerprint density at radius 3 is 2.45 bits per heavy atom. The maximum atomic E-state index is 12.2. The van der Waals surface area contributed by atoms with Crippen molar-refractivity contribution in [3.8, 4) is 0 Å². The molecule has 1 aromatic carbocycles. The molecule has 3 rings (SSSR count). The van der Waals surface area contributed by atoms with E-state index in [9.17, 15) is 4.79 Å². The third-order valence-electron chi connectivity index (χ3n) is 5.79. The number of aliphatic imine (C=N–C) groups is 1. The molecule has 1 saturated heterocycles. The predicted molar refractivity (Wildman–Crippen MR) is 131 cm³/mol. The predicted octanol–water partition coefficient (Wildman–Crippen LogP) is 4.10. The van der Waals surface area contributed by atoms with Crippen LogP contribution in [0.5, 0.6) is 0 Å². The lowest BCUT2D eigenvalue weighted by atomic mass is 10.0. The van der Waals surface area contributed by atoms with Crippen LogP contribution in [-0.4, -0.2) is 48.5 Å². The van der Waals surface area contributed by atoms with E-state index in [1.54, 1.807) is 0 Å². The molecule has 1 heterocycles. The van der Waals surface area contributed by atoms with E-state index in [1.807, 2.05) is 18.7 Å². The van der Waals surface area contributed by atoms with Gasteiger partial charge in [0.25, 0.3) is 0 Å². The van der Waals surface area contributed by atoms with Crippen molar-refractivity contribution in [3.05, 3.63) is 35.4 Å². The van der Waals surface area contributed by atoms with Crippen molar-refractivity contribution in [1.82, 2.24) is 15.5 Å². The van der Waals surface area contributed by atoms with Crippen LogP contribution in [0.15, 0.2) is 29.3 Å². The van der Waals surface area contributed by atoms with E-state index >= 15 is 0 Å².